The van der Waals surface area contributed by atoms with Gasteiger partial charge in [0.25, 0.3) is 0 Å². The van der Waals surface area contributed by atoms with Crippen LogP contribution in [0.3, 0.4) is 0 Å². The molecule has 1 aromatic heterocycles. The molecule has 2 nitrogen and oxygen atoms in total. The van der Waals surface area contributed by atoms with E-state index in [1.165, 1.54) is 38.4 Å². The van der Waals surface area contributed by atoms with E-state index < -0.39 is 0 Å². The van der Waals surface area contributed by atoms with Crippen LogP contribution in [0.5, 0.6) is 0 Å². The summed E-state index contributed by atoms with van der Waals surface area (Å²) in [5.41, 5.74) is 1.99. The predicted molar refractivity (Wildman–Crippen MR) is 56.9 cm³/mol. The van der Waals surface area contributed by atoms with E-state index in [-0.39, 0.29) is 5.97 Å². The molecular weight excluding hydrogens is 196 g/mol. The Kier molecular flexibility index (Phi) is 2.87. The second kappa shape index (κ2) is 4.13. The molecule has 1 fully saturated rings. The fourth-order valence-corrected chi connectivity index (χ4v) is 3.04. The van der Waals surface area contributed by atoms with Gasteiger partial charge in [0.15, 0.2) is 0 Å². The third-order valence-electron chi connectivity index (χ3n) is 2.89. The van der Waals surface area contributed by atoms with Crippen molar-refractivity contribution in [2.45, 2.75) is 31.6 Å². The molecule has 0 amide bonds. The summed E-state index contributed by atoms with van der Waals surface area (Å²) < 4.78 is 4.76. The van der Waals surface area contributed by atoms with Crippen LogP contribution in [-0.2, 0) is 4.74 Å². The highest BCUT2D eigenvalue weighted by Gasteiger charge is 2.23. The molecule has 0 aromatic carbocycles. The monoisotopic (exact) mass is 210 g/mol. The van der Waals surface area contributed by atoms with Crippen LogP contribution in [0.1, 0.15) is 47.5 Å². The highest BCUT2D eigenvalue weighted by atomic mass is 32.1. The van der Waals surface area contributed by atoms with Crippen molar-refractivity contribution in [2.24, 2.45) is 0 Å². The van der Waals surface area contributed by atoms with Gasteiger partial charge < -0.3 is 4.74 Å². The van der Waals surface area contributed by atoms with E-state index >= 15 is 0 Å². The number of rotatable bonds is 2. The first-order chi connectivity index (χ1) is 6.83. The lowest BCUT2D eigenvalue weighted by atomic mass is 9.97. The summed E-state index contributed by atoms with van der Waals surface area (Å²) in [7, 11) is 1.44. The molecule has 1 aliphatic carbocycles. The van der Waals surface area contributed by atoms with E-state index in [1.807, 2.05) is 5.38 Å². The highest BCUT2D eigenvalue weighted by molar-refractivity contribution is 7.08. The van der Waals surface area contributed by atoms with Crippen molar-refractivity contribution in [1.29, 1.82) is 0 Å². The second-order valence-electron chi connectivity index (χ2n) is 3.71. The van der Waals surface area contributed by atoms with Gasteiger partial charge >= 0.3 is 5.97 Å². The molecule has 0 atom stereocenters. The lowest BCUT2D eigenvalue weighted by Gasteiger charge is -2.08. The zero-order chi connectivity index (χ0) is 9.97. The molecule has 1 aromatic rings. The zero-order valence-electron chi connectivity index (χ0n) is 8.29. The van der Waals surface area contributed by atoms with Crippen molar-refractivity contribution in [3.05, 3.63) is 21.9 Å². The molecule has 1 saturated carbocycles. The summed E-state index contributed by atoms with van der Waals surface area (Å²) in [5.74, 6) is 0.406. The Morgan fingerprint density at radius 1 is 1.43 bits per heavy atom. The van der Waals surface area contributed by atoms with Crippen LogP contribution in [0.4, 0.5) is 0 Å². The third kappa shape index (κ3) is 1.69. The van der Waals surface area contributed by atoms with Crippen LogP contribution in [0.2, 0.25) is 0 Å². The Morgan fingerprint density at radius 2 is 2.14 bits per heavy atom. The van der Waals surface area contributed by atoms with Crippen molar-refractivity contribution >= 4 is 17.3 Å². The average molecular weight is 210 g/mol. The van der Waals surface area contributed by atoms with Crippen molar-refractivity contribution in [3.8, 4) is 0 Å². The Hall–Kier alpha value is -0.830. The Labute approximate surface area is 87.9 Å². The van der Waals surface area contributed by atoms with Crippen LogP contribution in [-0.4, -0.2) is 13.1 Å². The molecule has 2 rings (SSSR count). The number of carbonyl (C=O) groups excluding carboxylic acids is 1. The first-order valence-electron chi connectivity index (χ1n) is 4.97. The zero-order valence-corrected chi connectivity index (χ0v) is 9.10. The van der Waals surface area contributed by atoms with Gasteiger partial charge in [0, 0.05) is 5.38 Å². The Bertz CT molecular complexity index is 324. The van der Waals surface area contributed by atoms with Gasteiger partial charge in [-0.2, -0.15) is 11.3 Å². The van der Waals surface area contributed by atoms with E-state index in [0.29, 0.717) is 5.92 Å². The van der Waals surface area contributed by atoms with Crippen LogP contribution >= 0.6 is 11.3 Å². The smallest absolute Gasteiger partial charge is 0.338 e. The molecule has 3 heteroatoms. The Balaban J connectivity index is 2.24. The van der Waals surface area contributed by atoms with Gasteiger partial charge in [-0.1, -0.05) is 12.8 Å². The van der Waals surface area contributed by atoms with Gasteiger partial charge in [-0.25, -0.2) is 4.79 Å². The number of methoxy groups -OCH3 is 1. The number of thiophene rings is 1. The standard InChI is InChI=1S/C11H14O2S/c1-13-11(12)10-7-14-6-9(10)8-4-2-3-5-8/h6-8H,2-5H2,1H3. The molecule has 76 valence electrons. The van der Waals surface area contributed by atoms with Crippen molar-refractivity contribution in [1.82, 2.24) is 0 Å². The van der Waals surface area contributed by atoms with Crippen LogP contribution in [0.15, 0.2) is 10.8 Å². The number of esters is 1. The minimum Gasteiger partial charge on any atom is -0.465 e. The van der Waals surface area contributed by atoms with Gasteiger partial charge in [0.05, 0.1) is 12.7 Å². The summed E-state index contributed by atoms with van der Waals surface area (Å²) in [6.07, 6.45) is 5.03. The number of hydrogen-bond acceptors (Lipinski definition) is 3. The molecule has 0 bridgehead atoms. The van der Waals surface area contributed by atoms with Crippen LogP contribution in [0, 0.1) is 0 Å². The normalized spacial score (nSPS) is 17.2. The second-order valence-corrected chi connectivity index (χ2v) is 4.46. The fourth-order valence-electron chi connectivity index (χ4n) is 2.14. The van der Waals surface area contributed by atoms with E-state index in [4.69, 9.17) is 4.74 Å². The summed E-state index contributed by atoms with van der Waals surface area (Å²) >= 11 is 1.60. The molecule has 0 radical (unpaired) electrons. The van der Waals surface area contributed by atoms with Gasteiger partial charge in [-0.3, -0.25) is 0 Å². The molecule has 0 saturated heterocycles. The maximum absolute atomic E-state index is 11.4. The van der Waals surface area contributed by atoms with Crippen molar-refractivity contribution < 1.29 is 9.53 Å². The molecular formula is C11H14O2S. The van der Waals surface area contributed by atoms with E-state index in [2.05, 4.69) is 5.38 Å². The molecule has 0 aliphatic heterocycles. The van der Waals surface area contributed by atoms with E-state index in [0.717, 1.165) is 5.56 Å². The van der Waals surface area contributed by atoms with Crippen molar-refractivity contribution in [2.75, 3.05) is 7.11 Å². The first kappa shape index (κ1) is 9.71. The lowest BCUT2D eigenvalue weighted by Crippen LogP contribution is -2.04. The maximum atomic E-state index is 11.4. The highest BCUT2D eigenvalue weighted by Crippen LogP contribution is 2.37. The minimum absolute atomic E-state index is 0.187. The van der Waals surface area contributed by atoms with E-state index in [1.54, 1.807) is 11.3 Å². The summed E-state index contributed by atoms with van der Waals surface area (Å²) in [6.45, 7) is 0. The average Bonchev–Trinajstić information content (AvgIpc) is 2.85. The molecule has 1 aliphatic rings. The Morgan fingerprint density at radius 3 is 2.79 bits per heavy atom. The molecule has 1 heterocycles. The SMILES string of the molecule is COC(=O)c1cscc1C1CCCC1. The van der Waals surface area contributed by atoms with Crippen molar-refractivity contribution in [3.63, 3.8) is 0 Å². The largest absolute Gasteiger partial charge is 0.465 e. The van der Waals surface area contributed by atoms with Gasteiger partial charge in [0.2, 0.25) is 0 Å². The van der Waals surface area contributed by atoms with Gasteiger partial charge in [0.1, 0.15) is 0 Å². The van der Waals surface area contributed by atoms with Crippen LogP contribution < -0.4 is 0 Å². The fraction of sp³-hybridized carbons (Fsp3) is 0.545. The van der Waals surface area contributed by atoms with Gasteiger partial charge in [-0.15, -0.1) is 0 Å². The summed E-state index contributed by atoms with van der Waals surface area (Å²) in [6, 6.07) is 0. The molecule has 0 unspecified atom stereocenters. The number of ether oxygens (including phenoxy) is 1. The number of hydrogen-bond donors (Lipinski definition) is 0. The summed E-state index contributed by atoms with van der Waals surface area (Å²) in [5, 5.41) is 4.00. The lowest BCUT2D eigenvalue weighted by molar-refractivity contribution is 0.0599. The maximum Gasteiger partial charge on any atom is 0.338 e. The predicted octanol–water partition coefficient (Wildman–Crippen LogP) is 3.19. The first-order valence-corrected chi connectivity index (χ1v) is 5.91. The topological polar surface area (TPSA) is 26.3 Å². The van der Waals surface area contributed by atoms with E-state index in [9.17, 15) is 4.79 Å². The summed E-state index contributed by atoms with van der Waals surface area (Å²) in [4.78, 5) is 11.4. The molecule has 0 N–H and O–H groups in total. The molecule has 14 heavy (non-hydrogen) atoms. The number of carbonyl (C=O) groups is 1. The third-order valence-corrected chi connectivity index (χ3v) is 3.65. The quantitative estimate of drug-likeness (QED) is 0.701. The minimum atomic E-state index is -0.187. The van der Waals surface area contributed by atoms with Crippen LogP contribution in [0.25, 0.3) is 0 Å². The van der Waals surface area contributed by atoms with Gasteiger partial charge in [-0.05, 0) is 29.7 Å². The molecule has 0 spiro atoms.